The summed E-state index contributed by atoms with van der Waals surface area (Å²) < 4.78 is 84.4. The Morgan fingerprint density at radius 3 is 1.16 bits per heavy atom. The molecule has 0 unspecified atom stereocenters. The summed E-state index contributed by atoms with van der Waals surface area (Å²) in [6, 6.07) is 0. The first-order valence-electron chi connectivity index (χ1n) is 6.66. The SMILES string of the molecule is CC(C)(c1c(F)c(O)c(N)c(F)c1F)c1c(F)c(O)c(N)c(F)c1F. The number of anilines is 2. The molecule has 0 aliphatic rings. The van der Waals surface area contributed by atoms with Gasteiger partial charge in [-0.3, -0.25) is 0 Å². The second kappa shape index (κ2) is 5.64. The van der Waals surface area contributed by atoms with E-state index >= 15 is 0 Å². The van der Waals surface area contributed by atoms with Gasteiger partial charge < -0.3 is 21.7 Å². The van der Waals surface area contributed by atoms with Crippen molar-refractivity contribution in [1.29, 1.82) is 0 Å². The molecule has 0 saturated heterocycles. The molecule has 2 rings (SSSR count). The molecule has 0 fully saturated rings. The van der Waals surface area contributed by atoms with Crippen LogP contribution in [-0.2, 0) is 5.41 Å². The maximum absolute atomic E-state index is 14.3. The van der Waals surface area contributed by atoms with Crippen molar-refractivity contribution in [1.82, 2.24) is 0 Å². The van der Waals surface area contributed by atoms with E-state index in [0.29, 0.717) is 0 Å². The minimum absolute atomic E-state index is 0.820. The second-order valence-electron chi connectivity index (χ2n) is 5.78. The molecule has 136 valence electrons. The minimum Gasteiger partial charge on any atom is -0.503 e. The number of halogens is 6. The molecule has 0 radical (unpaired) electrons. The lowest BCUT2D eigenvalue weighted by Crippen LogP contribution is -2.27. The Kier molecular flexibility index (Phi) is 4.19. The molecular weight excluding hydrogens is 354 g/mol. The van der Waals surface area contributed by atoms with Crippen LogP contribution in [-0.4, -0.2) is 10.2 Å². The van der Waals surface area contributed by atoms with Crippen LogP contribution in [0.1, 0.15) is 25.0 Å². The fourth-order valence-electron chi connectivity index (χ4n) is 2.55. The normalized spacial score (nSPS) is 11.8. The van der Waals surface area contributed by atoms with Gasteiger partial charge in [0.1, 0.15) is 11.4 Å². The summed E-state index contributed by atoms with van der Waals surface area (Å²) in [5.41, 5.74) is 2.43. The van der Waals surface area contributed by atoms with Gasteiger partial charge in [-0.1, -0.05) is 13.8 Å². The van der Waals surface area contributed by atoms with E-state index in [-0.39, 0.29) is 0 Å². The molecule has 0 bridgehead atoms. The summed E-state index contributed by atoms with van der Waals surface area (Å²) in [6.45, 7) is 1.64. The summed E-state index contributed by atoms with van der Waals surface area (Å²) >= 11 is 0. The Morgan fingerprint density at radius 1 is 0.600 bits per heavy atom. The number of aromatic hydroxyl groups is 2. The fourth-order valence-corrected chi connectivity index (χ4v) is 2.55. The highest BCUT2D eigenvalue weighted by molar-refractivity contribution is 5.61. The van der Waals surface area contributed by atoms with Crippen LogP contribution in [0.2, 0.25) is 0 Å². The lowest BCUT2D eigenvalue weighted by atomic mass is 9.76. The third-order valence-corrected chi connectivity index (χ3v) is 3.91. The van der Waals surface area contributed by atoms with Gasteiger partial charge in [0.05, 0.1) is 0 Å². The lowest BCUT2D eigenvalue weighted by molar-refractivity contribution is 0.371. The Balaban J connectivity index is 2.96. The van der Waals surface area contributed by atoms with Gasteiger partial charge in [-0.25, -0.2) is 26.3 Å². The van der Waals surface area contributed by atoms with E-state index in [1.54, 1.807) is 0 Å². The van der Waals surface area contributed by atoms with Crippen molar-refractivity contribution in [3.8, 4) is 11.5 Å². The van der Waals surface area contributed by atoms with Crippen molar-refractivity contribution >= 4 is 11.4 Å². The molecule has 0 saturated carbocycles. The molecule has 0 heterocycles. The molecule has 2 aromatic carbocycles. The van der Waals surface area contributed by atoms with Crippen molar-refractivity contribution < 1.29 is 36.6 Å². The average molecular weight is 366 g/mol. The zero-order chi connectivity index (χ0) is 19.4. The smallest absolute Gasteiger partial charge is 0.186 e. The Bertz CT molecular complexity index is 769. The molecule has 25 heavy (non-hydrogen) atoms. The predicted octanol–water partition coefficient (Wildman–Crippen LogP) is 3.42. The summed E-state index contributed by atoms with van der Waals surface area (Å²) in [4.78, 5) is 0. The number of nitrogens with two attached hydrogens (primary N) is 2. The highest BCUT2D eigenvalue weighted by Crippen LogP contribution is 2.45. The predicted molar refractivity (Wildman–Crippen MR) is 76.9 cm³/mol. The van der Waals surface area contributed by atoms with Crippen molar-refractivity contribution in [2.45, 2.75) is 19.3 Å². The van der Waals surface area contributed by atoms with Gasteiger partial charge in [0.15, 0.2) is 46.4 Å². The van der Waals surface area contributed by atoms with Gasteiger partial charge in [0, 0.05) is 16.5 Å². The monoisotopic (exact) mass is 366 g/mol. The molecule has 0 amide bonds. The van der Waals surface area contributed by atoms with Crippen LogP contribution in [0.3, 0.4) is 0 Å². The molecule has 0 spiro atoms. The first-order chi connectivity index (χ1) is 11.4. The van der Waals surface area contributed by atoms with Crippen molar-refractivity contribution in [3.63, 3.8) is 0 Å². The van der Waals surface area contributed by atoms with Crippen LogP contribution in [0, 0.1) is 34.9 Å². The largest absolute Gasteiger partial charge is 0.503 e. The van der Waals surface area contributed by atoms with E-state index in [2.05, 4.69) is 0 Å². The van der Waals surface area contributed by atoms with Crippen LogP contribution in [0.4, 0.5) is 37.7 Å². The molecule has 0 aromatic heterocycles. The Hall–Kier alpha value is -2.78. The molecule has 0 aliphatic carbocycles. The molecule has 10 heteroatoms. The van der Waals surface area contributed by atoms with Crippen LogP contribution < -0.4 is 11.5 Å². The number of hydrogen-bond donors (Lipinski definition) is 4. The third kappa shape index (κ3) is 2.39. The van der Waals surface area contributed by atoms with Crippen LogP contribution in [0.15, 0.2) is 0 Å². The van der Waals surface area contributed by atoms with E-state index in [1.165, 1.54) is 0 Å². The summed E-state index contributed by atoms with van der Waals surface area (Å²) in [5, 5.41) is 18.9. The topological polar surface area (TPSA) is 92.5 Å². The maximum Gasteiger partial charge on any atom is 0.186 e. The zero-order valence-electron chi connectivity index (χ0n) is 12.8. The van der Waals surface area contributed by atoms with Gasteiger partial charge >= 0.3 is 0 Å². The summed E-state index contributed by atoms with van der Waals surface area (Å²) in [5.74, 6) is -14.1. The van der Waals surface area contributed by atoms with Gasteiger partial charge in [-0.15, -0.1) is 0 Å². The van der Waals surface area contributed by atoms with Gasteiger partial charge in [-0.05, 0) is 0 Å². The number of nitrogen functional groups attached to an aromatic ring is 2. The van der Waals surface area contributed by atoms with Crippen molar-refractivity contribution in [3.05, 3.63) is 46.0 Å². The van der Waals surface area contributed by atoms with Gasteiger partial charge in [0.2, 0.25) is 0 Å². The molecule has 4 nitrogen and oxygen atoms in total. The van der Waals surface area contributed by atoms with E-state index in [0.717, 1.165) is 13.8 Å². The molecule has 6 N–H and O–H groups in total. The number of benzene rings is 2. The standard InChI is InChI=1S/C15H12F6N2O2/c1-15(2,3-5(16)9(20)11(22)13(24)7(3)18)4-6(17)10(21)12(23)14(25)8(4)19/h24-25H,22-23H2,1-2H3. The summed E-state index contributed by atoms with van der Waals surface area (Å²) in [6.07, 6.45) is 0. The van der Waals surface area contributed by atoms with Crippen LogP contribution in [0.25, 0.3) is 0 Å². The summed E-state index contributed by atoms with van der Waals surface area (Å²) in [7, 11) is 0. The number of rotatable bonds is 2. The van der Waals surface area contributed by atoms with E-state index in [1.807, 2.05) is 0 Å². The number of phenols is 2. The third-order valence-electron chi connectivity index (χ3n) is 3.91. The first-order valence-corrected chi connectivity index (χ1v) is 6.66. The van der Waals surface area contributed by atoms with Gasteiger partial charge in [0.25, 0.3) is 0 Å². The first kappa shape index (κ1) is 18.6. The number of phenolic OH excluding ortho intramolecular Hbond substituents is 2. The highest BCUT2D eigenvalue weighted by atomic mass is 19.2. The van der Waals surface area contributed by atoms with E-state index in [4.69, 9.17) is 11.5 Å². The van der Waals surface area contributed by atoms with E-state index in [9.17, 15) is 36.6 Å². The van der Waals surface area contributed by atoms with E-state index < -0.39 is 74.3 Å². The minimum atomic E-state index is -2.42. The highest BCUT2D eigenvalue weighted by Gasteiger charge is 2.41. The van der Waals surface area contributed by atoms with Crippen LogP contribution in [0.5, 0.6) is 11.5 Å². The lowest BCUT2D eigenvalue weighted by Gasteiger charge is -2.29. The fraction of sp³-hybridized carbons (Fsp3) is 0.200. The van der Waals surface area contributed by atoms with Crippen LogP contribution >= 0.6 is 0 Å². The van der Waals surface area contributed by atoms with Crippen molar-refractivity contribution in [2.75, 3.05) is 11.5 Å². The maximum atomic E-state index is 14.3. The van der Waals surface area contributed by atoms with Crippen molar-refractivity contribution in [2.24, 2.45) is 0 Å². The zero-order valence-corrected chi connectivity index (χ0v) is 12.8. The molecule has 0 atom stereocenters. The average Bonchev–Trinajstić information content (AvgIpc) is 2.54. The molecular formula is C15H12F6N2O2. The Labute approximate surface area is 137 Å². The Morgan fingerprint density at radius 2 is 0.880 bits per heavy atom. The number of hydrogen-bond acceptors (Lipinski definition) is 4. The van der Waals surface area contributed by atoms with Gasteiger partial charge in [-0.2, -0.15) is 0 Å². The molecule has 0 aliphatic heterocycles. The molecule has 2 aromatic rings. The quantitative estimate of drug-likeness (QED) is 0.284. The second-order valence-corrected chi connectivity index (χ2v) is 5.78.